The summed E-state index contributed by atoms with van der Waals surface area (Å²) < 4.78 is 0. The summed E-state index contributed by atoms with van der Waals surface area (Å²) in [7, 11) is 0. The number of carboxylic acids is 1. The van der Waals surface area contributed by atoms with Crippen molar-refractivity contribution in [1.29, 1.82) is 0 Å². The van der Waals surface area contributed by atoms with E-state index in [2.05, 4.69) is 10.6 Å². The lowest BCUT2D eigenvalue weighted by Gasteiger charge is -2.16. The van der Waals surface area contributed by atoms with E-state index < -0.39 is 5.97 Å². The summed E-state index contributed by atoms with van der Waals surface area (Å²) in [5.41, 5.74) is 0. The Morgan fingerprint density at radius 1 is 1.53 bits per heavy atom. The summed E-state index contributed by atoms with van der Waals surface area (Å²) in [5.74, 6) is 1.95. The highest BCUT2D eigenvalue weighted by Crippen LogP contribution is 2.22. The van der Waals surface area contributed by atoms with Gasteiger partial charge >= 0.3 is 12.0 Å². The second-order valence-corrected chi connectivity index (χ2v) is 5.44. The van der Waals surface area contributed by atoms with Crippen LogP contribution in [0.15, 0.2) is 0 Å². The van der Waals surface area contributed by atoms with Crippen LogP contribution in [0.4, 0.5) is 4.79 Å². The largest absolute Gasteiger partial charge is 0.481 e. The minimum atomic E-state index is -0.885. The molecule has 6 heteroatoms. The number of rotatable bonds is 6. The molecule has 1 saturated heterocycles. The highest BCUT2D eigenvalue weighted by Gasteiger charge is 2.17. The number of urea groups is 1. The second kappa shape index (κ2) is 7.42. The predicted octanol–water partition coefficient (Wildman–Crippen LogP) is 1.29. The van der Waals surface area contributed by atoms with Crippen LogP contribution in [-0.4, -0.2) is 41.2 Å². The first-order valence-electron chi connectivity index (χ1n) is 5.95. The topological polar surface area (TPSA) is 78.4 Å². The van der Waals surface area contributed by atoms with Gasteiger partial charge in [0.05, 0.1) is 6.42 Å². The van der Waals surface area contributed by atoms with Crippen LogP contribution < -0.4 is 10.6 Å². The first-order chi connectivity index (χ1) is 8.11. The number of thioether (sulfide) groups is 1. The fourth-order valence-corrected chi connectivity index (χ4v) is 3.01. The van der Waals surface area contributed by atoms with E-state index in [1.807, 2.05) is 18.7 Å². The number of carboxylic acid groups (broad SMARTS) is 1. The van der Waals surface area contributed by atoms with Crippen LogP contribution in [0.1, 0.15) is 26.2 Å². The van der Waals surface area contributed by atoms with Crippen molar-refractivity contribution in [3.8, 4) is 0 Å². The van der Waals surface area contributed by atoms with E-state index in [0.717, 1.165) is 12.2 Å². The molecule has 0 bridgehead atoms. The molecule has 1 aliphatic heterocycles. The molecule has 1 fully saturated rings. The minimum Gasteiger partial charge on any atom is -0.481 e. The van der Waals surface area contributed by atoms with Gasteiger partial charge in [-0.2, -0.15) is 11.8 Å². The van der Waals surface area contributed by atoms with E-state index in [1.54, 1.807) is 0 Å². The van der Waals surface area contributed by atoms with E-state index in [-0.39, 0.29) is 18.5 Å². The summed E-state index contributed by atoms with van der Waals surface area (Å²) >= 11 is 1.91. The van der Waals surface area contributed by atoms with Gasteiger partial charge in [0.25, 0.3) is 0 Å². The molecule has 0 aromatic heterocycles. The first-order valence-corrected chi connectivity index (χ1v) is 7.11. The third kappa shape index (κ3) is 5.81. The monoisotopic (exact) mass is 260 g/mol. The zero-order chi connectivity index (χ0) is 12.7. The van der Waals surface area contributed by atoms with Crippen molar-refractivity contribution >= 4 is 23.8 Å². The Labute approximate surface area is 106 Å². The molecule has 0 aromatic rings. The number of nitrogens with one attached hydrogen (secondary N) is 2. The Bertz CT molecular complexity index is 267. The van der Waals surface area contributed by atoms with Gasteiger partial charge in [0, 0.05) is 12.6 Å². The second-order valence-electron chi connectivity index (χ2n) is 4.29. The van der Waals surface area contributed by atoms with Gasteiger partial charge in [0.15, 0.2) is 0 Å². The Kier molecular flexibility index (Phi) is 6.18. The lowest BCUT2D eigenvalue weighted by Crippen LogP contribution is -2.44. The molecule has 1 heterocycles. The van der Waals surface area contributed by atoms with E-state index in [0.29, 0.717) is 18.9 Å². The van der Waals surface area contributed by atoms with Crippen molar-refractivity contribution in [2.75, 3.05) is 18.1 Å². The summed E-state index contributed by atoms with van der Waals surface area (Å²) in [4.78, 5) is 22.1. The zero-order valence-electron chi connectivity index (χ0n) is 10.1. The van der Waals surface area contributed by atoms with Crippen LogP contribution in [0.3, 0.4) is 0 Å². The van der Waals surface area contributed by atoms with Crippen molar-refractivity contribution in [3.05, 3.63) is 0 Å². The molecule has 0 aromatic carbocycles. The van der Waals surface area contributed by atoms with Gasteiger partial charge in [-0.25, -0.2) is 4.79 Å². The van der Waals surface area contributed by atoms with Gasteiger partial charge in [-0.1, -0.05) is 6.92 Å². The molecular formula is C11H20N2O3S. The van der Waals surface area contributed by atoms with Gasteiger partial charge in [-0.05, 0) is 30.3 Å². The lowest BCUT2D eigenvalue weighted by atomic mass is 10.1. The van der Waals surface area contributed by atoms with E-state index in [4.69, 9.17) is 5.11 Å². The molecule has 0 aliphatic carbocycles. The summed E-state index contributed by atoms with van der Waals surface area (Å²) in [5, 5.41) is 14.1. The Morgan fingerprint density at radius 2 is 2.29 bits per heavy atom. The fourth-order valence-electron chi connectivity index (χ4n) is 1.73. The molecule has 1 aliphatic rings. The number of hydrogen-bond acceptors (Lipinski definition) is 3. The van der Waals surface area contributed by atoms with Crippen LogP contribution in [0, 0.1) is 5.92 Å². The molecule has 0 radical (unpaired) electrons. The number of amides is 2. The Balaban J connectivity index is 2.19. The van der Waals surface area contributed by atoms with Crippen molar-refractivity contribution in [2.45, 2.75) is 32.2 Å². The molecule has 2 amide bonds. The van der Waals surface area contributed by atoms with Crippen LogP contribution in [-0.2, 0) is 4.79 Å². The quantitative estimate of drug-likeness (QED) is 0.672. The van der Waals surface area contributed by atoms with Crippen molar-refractivity contribution < 1.29 is 14.7 Å². The molecule has 1 rings (SSSR count). The van der Waals surface area contributed by atoms with Crippen LogP contribution in [0.5, 0.6) is 0 Å². The van der Waals surface area contributed by atoms with Gasteiger partial charge in [0.1, 0.15) is 0 Å². The lowest BCUT2D eigenvalue weighted by molar-refractivity contribution is -0.137. The number of aliphatic carboxylic acids is 1. The maximum atomic E-state index is 11.5. The van der Waals surface area contributed by atoms with Crippen molar-refractivity contribution in [3.63, 3.8) is 0 Å². The minimum absolute atomic E-state index is 0.0246. The normalized spacial score (nSPS) is 20.9. The maximum absolute atomic E-state index is 11.5. The van der Waals surface area contributed by atoms with Gasteiger partial charge in [0.2, 0.25) is 0 Å². The predicted molar refractivity (Wildman–Crippen MR) is 68.3 cm³/mol. The highest BCUT2D eigenvalue weighted by molar-refractivity contribution is 7.99. The highest BCUT2D eigenvalue weighted by atomic mass is 32.2. The maximum Gasteiger partial charge on any atom is 0.315 e. The third-order valence-electron chi connectivity index (χ3n) is 2.82. The molecule has 2 unspecified atom stereocenters. The summed E-state index contributed by atoms with van der Waals surface area (Å²) in [6.45, 7) is 2.55. The Morgan fingerprint density at radius 3 is 2.82 bits per heavy atom. The first kappa shape index (κ1) is 14.2. The fraction of sp³-hybridized carbons (Fsp3) is 0.818. The van der Waals surface area contributed by atoms with E-state index in [1.165, 1.54) is 5.75 Å². The average Bonchev–Trinajstić information content (AvgIpc) is 2.77. The van der Waals surface area contributed by atoms with E-state index in [9.17, 15) is 9.59 Å². The standard InChI is InChI=1S/C11H20N2O3S/c1-2-9(5-10(14)15)13-11(16)12-6-8-3-4-17-7-8/h8-9H,2-7H2,1H3,(H,14,15)(H2,12,13,16). The number of carbonyl (C=O) groups excluding carboxylic acids is 1. The summed E-state index contributed by atoms with van der Waals surface area (Å²) in [6, 6.07) is -0.541. The van der Waals surface area contributed by atoms with Crippen molar-refractivity contribution in [1.82, 2.24) is 10.6 Å². The third-order valence-corrected chi connectivity index (χ3v) is 4.06. The summed E-state index contributed by atoms with van der Waals surface area (Å²) in [6.07, 6.45) is 1.75. The molecule has 98 valence electrons. The average molecular weight is 260 g/mol. The Hall–Kier alpha value is -0.910. The SMILES string of the molecule is CCC(CC(=O)O)NC(=O)NCC1CCSC1. The van der Waals surface area contributed by atoms with Gasteiger partial charge in [-0.15, -0.1) is 0 Å². The number of hydrogen-bond donors (Lipinski definition) is 3. The van der Waals surface area contributed by atoms with Crippen LogP contribution >= 0.6 is 11.8 Å². The number of carbonyl (C=O) groups is 2. The molecular weight excluding hydrogens is 240 g/mol. The molecule has 0 spiro atoms. The molecule has 0 saturated carbocycles. The molecule has 3 N–H and O–H groups in total. The van der Waals surface area contributed by atoms with Crippen LogP contribution in [0.2, 0.25) is 0 Å². The van der Waals surface area contributed by atoms with Crippen molar-refractivity contribution in [2.24, 2.45) is 5.92 Å². The van der Waals surface area contributed by atoms with E-state index >= 15 is 0 Å². The molecule has 5 nitrogen and oxygen atoms in total. The smallest absolute Gasteiger partial charge is 0.315 e. The molecule has 17 heavy (non-hydrogen) atoms. The molecule has 2 atom stereocenters. The van der Waals surface area contributed by atoms with Gasteiger partial charge < -0.3 is 15.7 Å². The van der Waals surface area contributed by atoms with Crippen LogP contribution in [0.25, 0.3) is 0 Å². The van der Waals surface area contributed by atoms with Gasteiger partial charge in [-0.3, -0.25) is 4.79 Å². The zero-order valence-corrected chi connectivity index (χ0v) is 10.9.